The fourth-order valence-corrected chi connectivity index (χ4v) is 2.55. The van der Waals surface area contributed by atoms with E-state index in [1.54, 1.807) is 0 Å². The van der Waals surface area contributed by atoms with Gasteiger partial charge in [0.05, 0.1) is 6.04 Å². The van der Waals surface area contributed by atoms with Crippen LogP contribution in [0.4, 0.5) is 0 Å². The van der Waals surface area contributed by atoms with Crippen LogP contribution < -0.4 is 14.8 Å². The van der Waals surface area contributed by atoms with E-state index in [4.69, 9.17) is 9.47 Å². The van der Waals surface area contributed by atoms with E-state index in [1.807, 2.05) is 19.1 Å². The van der Waals surface area contributed by atoms with Crippen LogP contribution in [-0.4, -0.2) is 31.6 Å². The fourth-order valence-electron chi connectivity index (χ4n) is 2.55. The molecule has 1 unspecified atom stereocenters. The first kappa shape index (κ1) is 11.5. The van der Waals surface area contributed by atoms with Crippen LogP contribution in [0.3, 0.4) is 0 Å². The Bertz CT molecular complexity index is 478. The third kappa shape index (κ3) is 1.97. The molecule has 1 atom stereocenters. The minimum absolute atomic E-state index is 0.0359. The van der Waals surface area contributed by atoms with Gasteiger partial charge in [0.1, 0.15) is 13.2 Å². The van der Waals surface area contributed by atoms with Gasteiger partial charge in [-0.3, -0.25) is 4.79 Å². The van der Waals surface area contributed by atoms with E-state index in [2.05, 4.69) is 5.32 Å². The zero-order valence-electron chi connectivity index (χ0n) is 10.5. The molecule has 1 aromatic rings. The quantitative estimate of drug-likeness (QED) is 0.808. The number of ether oxygens (including phenoxy) is 2. The number of carbonyl (C=O) groups is 1. The van der Waals surface area contributed by atoms with E-state index in [0.717, 1.165) is 36.3 Å². The number of hydrogen-bond acceptors (Lipinski definition) is 4. The van der Waals surface area contributed by atoms with Gasteiger partial charge in [0.25, 0.3) is 0 Å². The first-order valence-electron chi connectivity index (χ1n) is 6.43. The van der Waals surface area contributed by atoms with Gasteiger partial charge in [0.15, 0.2) is 17.3 Å². The summed E-state index contributed by atoms with van der Waals surface area (Å²) in [5.74, 6) is 1.60. The van der Waals surface area contributed by atoms with Crippen molar-refractivity contribution in [3.8, 4) is 11.5 Å². The number of hydrogen-bond donors (Lipinski definition) is 1. The third-order valence-electron chi connectivity index (χ3n) is 3.53. The van der Waals surface area contributed by atoms with Gasteiger partial charge in [0.2, 0.25) is 0 Å². The molecule has 4 heteroatoms. The molecule has 2 heterocycles. The molecular weight excluding hydrogens is 230 g/mol. The second-order valence-corrected chi connectivity index (χ2v) is 4.82. The molecule has 2 aliphatic rings. The number of Topliss-reactive ketones (excluding diaryl/α,β-unsaturated/α-hetero) is 1. The smallest absolute Gasteiger partial charge is 0.180 e. The number of benzene rings is 1. The normalized spacial score (nSPS) is 21.9. The SMILES string of the molecule is Cc1cc2c(cc1C(=O)C1CCCN1)OCCO2. The van der Waals surface area contributed by atoms with Crippen LogP contribution in [0.5, 0.6) is 11.5 Å². The molecule has 1 N–H and O–H groups in total. The van der Waals surface area contributed by atoms with Crippen LogP contribution in [0.15, 0.2) is 12.1 Å². The van der Waals surface area contributed by atoms with Crippen molar-refractivity contribution in [3.05, 3.63) is 23.3 Å². The molecule has 0 aromatic heterocycles. The van der Waals surface area contributed by atoms with Crippen LogP contribution in [0.2, 0.25) is 0 Å². The summed E-state index contributed by atoms with van der Waals surface area (Å²) in [5, 5.41) is 3.24. The molecule has 0 spiro atoms. The van der Waals surface area contributed by atoms with Crippen molar-refractivity contribution in [1.82, 2.24) is 5.32 Å². The summed E-state index contributed by atoms with van der Waals surface area (Å²) < 4.78 is 11.0. The first-order chi connectivity index (χ1) is 8.75. The second kappa shape index (κ2) is 4.61. The lowest BCUT2D eigenvalue weighted by molar-refractivity contribution is 0.0950. The van der Waals surface area contributed by atoms with E-state index in [9.17, 15) is 4.79 Å². The molecule has 0 saturated carbocycles. The zero-order valence-corrected chi connectivity index (χ0v) is 10.5. The summed E-state index contributed by atoms with van der Waals surface area (Å²) in [7, 11) is 0. The highest BCUT2D eigenvalue weighted by Gasteiger charge is 2.26. The molecule has 0 bridgehead atoms. The highest BCUT2D eigenvalue weighted by atomic mass is 16.6. The number of fused-ring (bicyclic) bond motifs is 1. The van der Waals surface area contributed by atoms with Gasteiger partial charge in [-0.15, -0.1) is 0 Å². The number of rotatable bonds is 2. The molecule has 0 aliphatic carbocycles. The molecule has 1 saturated heterocycles. The Morgan fingerprint density at radius 1 is 1.28 bits per heavy atom. The van der Waals surface area contributed by atoms with Gasteiger partial charge < -0.3 is 14.8 Å². The Morgan fingerprint density at radius 2 is 2.00 bits per heavy atom. The van der Waals surface area contributed by atoms with Gasteiger partial charge in [-0.05, 0) is 44.0 Å². The molecular formula is C14H17NO3. The monoisotopic (exact) mass is 247 g/mol. The number of carbonyl (C=O) groups excluding carboxylic acids is 1. The summed E-state index contributed by atoms with van der Waals surface area (Å²) in [4.78, 5) is 12.4. The first-order valence-corrected chi connectivity index (χ1v) is 6.43. The Balaban J connectivity index is 1.93. The summed E-state index contributed by atoms with van der Waals surface area (Å²) in [6.07, 6.45) is 1.99. The lowest BCUT2D eigenvalue weighted by atomic mass is 9.98. The standard InChI is InChI=1S/C14H17NO3/c1-9-7-12-13(18-6-5-17-12)8-10(9)14(16)11-3-2-4-15-11/h7-8,11,15H,2-6H2,1H3. The molecule has 0 radical (unpaired) electrons. The lowest BCUT2D eigenvalue weighted by Crippen LogP contribution is -2.31. The predicted octanol–water partition coefficient (Wildman–Crippen LogP) is 1.70. The fraction of sp³-hybridized carbons (Fsp3) is 0.500. The van der Waals surface area contributed by atoms with E-state index < -0.39 is 0 Å². The van der Waals surface area contributed by atoms with E-state index in [0.29, 0.717) is 19.0 Å². The van der Waals surface area contributed by atoms with Crippen molar-refractivity contribution < 1.29 is 14.3 Å². The van der Waals surface area contributed by atoms with Gasteiger partial charge >= 0.3 is 0 Å². The van der Waals surface area contributed by atoms with Crippen LogP contribution in [0.25, 0.3) is 0 Å². The van der Waals surface area contributed by atoms with Crippen LogP contribution >= 0.6 is 0 Å². The molecule has 2 aliphatic heterocycles. The Morgan fingerprint density at radius 3 is 2.67 bits per heavy atom. The van der Waals surface area contributed by atoms with Crippen LogP contribution in [0.1, 0.15) is 28.8 Å². The second-order valence-electron chi connectivity index (χ2n) is 4.82. The number of nitrogens with one attached hydrogen (secondary N) is 1. The summed E-state index contributed by atoms with van der Waals surface area (Å²) in [5.41, 5.74) is 1.71. The maximum atomic E-state index is 12.4. The topological polar surface area (TPSA) is 47.6 Å². The van der Waals surface area contributed by atoms with E-state index >= 15 is 0 Å². The number of aryl methyl sites for hydroxylation is 1. The van der Waals surface area contributed by atoms with Crippen molar-refractivity contribution in [2.45, 2.75) is 25.8 Å². The summed E-state index contributed by atoms with van der Waals surface area (Å²) in [6, 6.07) is 3.69. The average molecular weight is 247 g/mol. The minimum Gasteiger partial charge on any atom is -0.486 e. The Kier molecular flexibility index (Phi) is 2.96. The molecule has 4 nitrogen and oxygen atoms in total. The molecule has 1 aromatic carbocycles. The van der Waals surface area contributed by atoms with Crippen molar-refractivity contribution in [3.63, 3.8) is 0 Å². The third-order valence-corrected chi connectivity index (χ3v) is 3.53. The van der Waals surface area contributed by atoms with Crippen molar-refractivity contribution in [2.75, 3.05) is 19.8 Å². The zero-order chi connectivity index (χ0) is 12.5. The Hall–Kier alpha value is -1.55. The molecule has 0 amide bonds. The maximum absolute atomic E-state index is 12.4. The van der Waals surface area contributed by atoms with Crippen molar-refractivity contribution in [2.24, 2.45) is 0 Å². The van der Waals surface area contributed by atoms with Gasteiger partial charge in [0, 0.05) is 5.56 Å². The highest BCUT2D eigenvalue weighted by Crippen LogP contribution is 2.33. The van der Waals surface area contributed by atoms with Crippen LogP contribution in [-0.2, 0) is 0 Å². The Labute approximate surface area is 106 Å². The van der Waals surface area contributed by atoms with Crippen LogP contribution in [0, 0.1) is 6.92 Å². The average Bonchev–Trinajstić information content (AvgIpc) is 2.91. The maximum Gasteiger partial charge on any atom is 0.180 e. The highest BCUT2D eigenvalue weighted by molar-refractivity contribution is 6.02. The summed E-state index contributed by atoms with van der Waals surface area (Å²) >= 11 is 0. The molecule has 1 fully saturated rings. The number of ketones is 1. The summed E-state index contributed by atoms with van der Waals surface area (Å²) in [6.45, 7) is 4.00. The lowest BCUT2D eigenvalue weighted by Gasteiger charge is -2.20. The van der Waals surface area contributed by atoms with Crippen molar-refractivity contribution in [1.29, 1.82) is 0 Å². The predicted molar refractivity (Wildman–Crippen MR) is 67.5 cm³/mol. The van der Waals surface area contributed by atoms with Gasteiger partial charge in [-0.25, -0.2) is 0 Å². The largest absolute Gasteiger partial charge is 0.486 e. The minimum atomic E-state index is -0.0359. The molecule has 96 valence electrons. The van der Waals surface area contributed by atoms with E-state index in [-0.39, 0.29) is 11.8 Å². The van der Waals surface area contributed by atoms with Crippen molar-refractivity contribution >= 4 is 5.78 Å². The van der Waals surface area contributed by atoms with Gasteiger partial charge in [-0.2, -0.15) is 0 Å². The molecule has 3 rings (SSSR count). The molecule has 18 heavy (non-hydrogen) atoms. The van der Waals surface area contributed by atoms with Gasteiger partial charge in [-0.1, -0.05) is 0 Å². The van der Waals surface area contributed by atoms with E-state index in [1.165, 1.54) is 0 Å².